The molecule has 1 N–H and O–H groups in total. The highest BCUT2D eigenvalue weighted by Gasteiger charge is 2.57. The zero-order valence-electron chi connectivity index (χ0n) is 11.4. The van der Waals surface area contributed by atoms with Crippen LogP contribution < -0.4 is 0 Å². The lowest BCUT2D eigenvalue weighted by molar-refractivity contribution is -0.157. The highest BCUT2D eigenvalue weighted by Crippen LogP contribution is 2.53. The van der Waals surface area contributed by atoms with Gasteiger partial charge in [0.2, 0.25) is 5.91 Å². The van der Waals surface area contributed by atoms with Crippen LogP contribution in [0.2, 0.25) is 0 Å². The first-order valence-corrected chi connectivity index (χ1v) is 8.22. The molecule has 0 bridgehead atoms. The third-order valence-electron chi connectivity index (χ3n) is 3.07. The molecular formula is C13H17NO4S2. The number of nitrogens with zero attached hydrogens (tertiary/aromatic N) is 1. The van der Waals surface area contributed by atoms with E-state index in [4.69, 9.17) is 4.74 Å². The Morgan fingerprint density at radius 2 is 2.40 bits per heavy atom. The van der Waals surface area contributed by atoms with Gasteiger partial charge in [0.25, 0.3) is 0 Å². The first kappa shape index (κ1) is 15.5. The fourth-order valence-electron chi connectivity index (χ4n) is 2.18. The Labute approximate surface area is 126 Å². The third kappa shape index (κ3) is 2.49. The molecule has 2 heterocycles. The van der Waals surface area contributed by atoms with Crippen molar-refractivity contribution in [1.29, 1.82) is 0 Å². The average Bonchev–Trinajstić information content (AvgIpc) is 2.70. The maximum Gasteiger partial charge on any atom is 0.357 e. The van der Waals surface area contributed by atoms with Gasteiger partial charge >= 0.3 is 5.97 Å². The molecule has 110 valence electrons. The Kier molecular flexibility index (Phi) is 4.82. The maximum atomic E-state index is 12.1. The van der Waals surface area contributed by atoms with Crippen molar-refractivity contribution in [2.45, 2.75) is 25.3 Å². The van der Waals surface area contributed by atoms with Gasteiger partial charge in [0.15, 0.2) is 5.70 Å². The summed E-state index contributed by atoms with van der Waals surface area (Å²) >= 11 is 2.97. The molecule has 0 saturated carbocycles. The second-order valence-electron chi connectivity index (χ2n) is 4.44. The minimum Gasteiger partial charge on any atom is -0.457 e. The van der Waals surface area contributed by atoms with Gasteiger partial charge in [-0.2, -0.15) is 0 Å². The molecule has 2 aliphatic heterocycles. The Morgan fingerprint density at radius 1 is 1.70 bits per heavy atom. The van der Waals surface area contributed by atoms with Crippen LogP contribution in [0.25, 0.3) is 0 Å². The summed E-state index contributed by atoms with van der Waals surface area (Å²) in [5.74, 6) is -0.366. The summed E-state index contributed by atoms with van der Waals surface area (Å²) < 4.78 is 5.84. The van der Waals surface area contributed by atoms with E-state index in [1.54, 1.807) is 6.92 Å². The summed E-state index contributed by atoms with van der Waals surface area (Å²) in [5, 5.41) is 9.46. The molecule has 2 aliphatic rings. The van der Waals surface area contributed by atoms with Crippen LogP contribution in [0.3, 0.4) is 0 Å². The van der Waals surface area contributed by atoms with Crippen LogP contribution in [-0.2, 0) is 14.3 Å². The van der Waals surface area contributed by atoms with Crippen molar-refractivity contribution in [3.8, 4) is 0 Å². The van der Waals surface area contributed by atoms with Crippen molar-refractivity contribution >= 4 is 35.4 Å². The third-order valence-corrected chi connectivity index (χ3v) is 5.61. The molecule has 1 fully saturated rings. The van der Waals surface area contributed by atoms with E-state index >= 15 is 0 Å². The summed E-state index contributed by atoms with van der Waals surface area (Å²) in [4.78, 5) is 25.6. The van der Waals surface area contributed by atoms with Gasteiger partial charge in [0.1, 0.15) is 12.0 Å². The molecule has 0 aromatic heterocycles. The molecule has 5 nitrogen and oxygen atoms in total. The smallest absolute Gasteiger partial charge is 0.357 e. The summed E-state index contributed by atoms with van der Waals surface area (Å²) in [6.45, 7) is 7.19. The van der Waals surface area contributed by atoms with E-state index in [9.17, 15) is 14.7 Å². The topological polar surface area (TPSA) is 66.8 Å². The summed E-state index contributed by atoms with van der Waals surface area (Å²) in [7, 11) is 0. The van der Waals surface area contributed by atoms with E-state index in [2.05, 4.69) is 6.58 Å². The first-order chi connectivity index (χ1) is 9.52. The summed E-state index contributed by atoms with van der Waals surface area (Å²) in [5.41, 5.74) is 0.315. The van der Waals surface area contributed by atoms with Crippen molar-refractivity contribution in [3.63, 3.8) is 0 Å². The summed E-state index contributed by atoms with van der Waals surface area (Å²) in [6, 6.07) is 0. The second-order valence-corrected chi connectivity index (χ2v) is 7.10. The molecule has 1 amide bonds. The number of amides is 1. The normalized spacial score (nSPS) is 26.1. The van der Waals surface area contributed by atoms with Crippen molar-refractivity contribution in [2.75, 3.05) is 12.4 Å². The SMILES string of the molecule is C=CCOC(=O)C1=C(SCC)S[C@@H]2[C@H]([C@@H](C)O)C(=O)N12. The quantitative estimate of drug-likeness (QED) is 0.456. The molecule has 0 radical (unpaired) electrons. The van der Waals surface area contributed by atoms with Gasteiger partial charge in [0, 0.05) is 0 Å². The number of thioether (sulfide) groups is 2. The van der Waals surface area contributed by atoms with Gasteiger partial charge in [-0.15, -0.1) is 11.8 Å². The van der Waals surface area contributed by atoms with Crippen LogP contribution in [0.5, 0.6) is 0 Å². The predicted molar refractivity (Wildman–Crippen MR) is 79.7 cm³/mol. The van der Waals surface area contributed by atoms with Crippen LogP contribution in [-0.4, -0.2) is 45.7 Å². The van der Waals surface area contributed by atoms with Crippen LogP contribution in [0.1, 0.15) is 13.8 Å². The van der Waals surface area contributed by atoms with Crippen molar-refractivity contribution in [3.05, 3.63) is 22.6 Å². The lowest BCUT2D eigenvalue weighted by Gasteiger charge is -2.43. The number of fused-ring (bicyclic) bond motifs is 1. The van der Waals surface area contributed by atoms with E-state index in [0.29, 0.717) is 5.70 Å². The Morgan fingerprint density at radius 3 is 2.95 bits per heavy atom. The fourth-order valence-corrected chi connectivity index (χ4v) is 5.00. The highest BCUT2D eigenvalue weighted by atomic mass is 32.2. The van der Waals surface area contributed by atoms with Gasteiger partial charge in [-0.25, -0.2) is 4.79 Å². The fraction of sp³-hybridized carbons (Fsp3) is 0.538. The maximum absolute atomic E-state index is 12.1. The predicted octanol–water partition coefficient (Wildman–Crippen LogP) is 1.55. The van der Waals surface area contributed by atoms with Crippen LogP contribution in [0.15, 0.2) is 22.6 Å². The molecular weight excluding hydrogens is 298 g/mol. The molecule has 7 heteroatoms. The number of hydrogen-bond acceptors (Lipinski definition) is 6. The number of aliphatic hydroxyl groups is 1. The van der Waals surface area contributed by atoms with Gasteiger partial charge in [-0.3, -0.25) is 9.69 Å². The van der Waals surface area contributed by atoms with Crippen LogP contribution in [0, 0.1) is 5.92 Å². The largest absolute Gasteiger partial charge is 0.457 e. The number of carbonyl (C=O) groups excluding carboxylic acids is 2. The number of esters is 1. The number of hydrogen-bond donors (Lipinski definition) is 1. The average molecular weight is 315 g/mol. The standard InChI is InChI=1S/C13H17NO4S2/c1-4-6-18-12(17)9-13(19-5-2)20-11-8(7(3)15)10(16)14(9)11/h4,7-8,11,15H,1,5-6H2,2-3H3/t7-,8-,11-/m1/s1. The molecule has 0 aliphatic carbocycles. The van der Waals surface area contributed by atoms with Crippen LogP contribution >= 0.6 is 23.5 Å². The first-order valence-electron chi connectivity index (χ1n) is 6.35. The van der Waals surface area contributed by atoms with Gasteiger partial charge < -0.3 is 9.84 Å². The minimum absolute atomic E-state index is 0.115. The van der Waals surface area contributed by atoms with Gasteiger partial charge in [-0.1, -0.05) is 31.3 Å². The Bertz CT molecular complexity index is 475. The van der Waals surface area contributed by atoms with E-state index in [1.165, 1.54) is 34.5 Å². The molecule has 3 atom stereocenters. The van der Waals surface area contributed by atoms with E-state index < -0.39 is 18.0 Å². The zero-order valence-corrected chi connectivity index (χ0v) is 13.0. The number of ether oxygens (including phenoxy) is 1. The molecule has 0 aromatic carbocycles. The lowest BCUT2D eigenvalue weighted by Crippen LogP contribution is -2.60. The molecule has 2 rings (SSSR count). The van der Waals surface area contributed by atoms with Crippen molar-refractivity contribution in [1.82, 2.24) is 4.90 Å². The number of aliphatic hydroxyl groups excluding tert-OH is 1. The highest BCUT2D eigenvalue weighted by molar-refractivity contribution is 8.22. The summed E-state index contributed by atoms with van der Waals surface area (Å²) in [6.07, 6.45) is 0.772. The number of β-lactam (4-membered cyclic amide) rings is 1. The Balaban J connectivity index is 2.21. The molecule has 1 saturated heterocycles. The molecule has 0 spiro atoms. The van der Waals surface area contributed by atoms with E-state index in [0.717, 1.165) is 9.99 Å². The minimum atomic E-state index is -0.715. The molecule has 20 heavy (non-hydrogen) atoms. The molecule has 0 unspecified atom stereocenters. The van der Waals surface area contributed by atoms with Crippen molar-refractivity contribution < 1.29 is 19.4 Å². The monoisotopic (exact) mass is 315 g/mol. The van der Waals surface area contributed by atoms with E-state index in [-0.39, 0.29) is 17.9 Å². The Hall–Kier alpha value is -0.920. The van der Waals surface area contributed by atoms with Crippen molar-refractivity contribution in [2.24, 2.45) is 5.92 Å². The molecule has 0 aromatic rings. The van der Waals surface area contributed by atoms with Gasteiger partial charge in [0.05, 0.1) is 16.3 Å². The van der Waals surface area contributed by atoms with Crippen LogP contribution in [0.4, 0.5) is 0 Å². The zero-order chi connectivity index (χ0) is 14.9. The second kappa shape index (κ2) is 6.24. The number of rotatable bonds is 6. The van der Waals surface area contributed by atoms with E-state index in [1.807, 2.05) is 6.92 Å². The lowest BCUT2D eigenvalue weighted by atomic mass is 9.92. The van der Waals surface area contributed by atoms with Gasteiger partial charge in [-0.05, 0) is 12.7 Å². The number of carbonyl (C=O) groups is 2.